The van der Waals surface area contributed by atoms with E-state index in [1.54, 1.807) is 12.1 Å². The summed E-state index contributed by atoms with van der Waals surface area (Å²) < 4.78 is 51.7. The zero-order valence-corrected chi connectivity index (χ0v) is 14.2. The second kappa shape index (κ2) is 7.51. The van der Waals surface area contributed by atoms with Gasteiger partial charge in [-0.3, -0.25) is 0 Å². The average molecular weight is 385 g/mol. The molecule has 9 heteroatoms. The van der Waals surface area contributed by atoms with E-state index in [1.165, 1.54) is 19.1 Å². The molecule has 0 spiro atoms. The number of sulfonamides is 2. The van der Waals surface area contributed by atoms with Crippen molar-refractivity contribution in [3.8, 4) is 0 Å². The molecule has 0 unspecified atom stereocenters. The largest absolute Gasteiger partial charge is 0.240 e. The normalized spacial score (nSPS) is 12.5. The fraction of sp³-hybridized carbons (Fsp3) is 0.455. The zero-order valence-electron chi connectivity index (χ0n) is 11.0. The van der Waals surface area contributed by atoms with E-state index in [2.05, 4.69) is 25.4 Å². The van der Waals surface area contributed by atoms with E-state index in [0.29, 0.717) is 10.9 Å². The highest BCUT2D eigenvalue weighted by Gasteiger charge is 2.13. The number of halogens is 1. The Morgan fingerprint density at radius 2 is 1.75 bits per heavy atom. The van der Waals surface area contributed by atoms with Crippen molar-refractivity contribution in [2.45, 2.75) is 18.2 Å². The molecule has 0 radical (unpaired) electrons. The minimum absolute atomic E-state index is 0.0107. The van der Waals surface area contributed by atoms with E-state index in [9.17, 15) is 16.8 Å². The molecule has 2 N–H and O–H groups in total. The van der Waals surface area contributed by atoms with Crippen LogP contribution in [0.1, 0.15) is 13.3 Å². The summed E-state index contributed by atoms with van der Waals surface area (Å²) in [5, 5.41) is 0. The molecule has 1 aromatic rings. The summed E-state index contributed by atoms with van der Waals surface area (Å²) in [6.07, 6.45) is 0.381. The predicted molar refractivity (Wildman–Crippen MR) is 81.4 cm³/mol. The van der Waals surface area contributed by atoms with E-state index >= 15 is 0 Å². The molecule has 0 aliphatic carbocycles. The van der Waals surface area contributed by atoms with Crippen LogP contribution in [0, 0.1) is 0 Å². The summed E-state index contributed by atoms with van der Waals surface area (Å²) in [5.74, 6) is 0.0107. The first-order valence-corrected chi connectivity index (χ1v) is 9.92. The van der Waals surface area contributed by atoms with Gasteiger partial charge in [0, 0.05) is 17.6 Å². The molecular weight excluding hydrogens is 368 g/mol. The van der Waals surface area contributed by atoms with Crippen LogP contribution < -0.4 is 9.44 Å². The van der Waals surface area contributed by atoms with Gasteiger partial charge in [-0.25, -0.2) is 26.3 Å². The van der Waals surface area contributed by atoms with Gasteiger partial charge in [-0.1, -0.05) is 22.0 Å². The van der Waals surface area contributed by atoms with Crippen LogP contribution in [0.4, 0.5) is 0 Å². The fourth-order valence-electron chi connectivity index (χ4n) is 1.34. The Hall–Kier alpha value is -0.480. The summed E-state index contributed by atoms with van der Waals surface area (Å²) >= 11 is 3.21. The van der Waals surface area contributed by atoms with Crippen LogP contribution in [0.25, 0.3) is 0 Å². The van der Waals surface area contributed by atoms with Gasteiger partial charge >= 0.3 is 0 Å². The Morgan fingerprint density at radius 1 is 1.10 bits per heavy atom. The van der Waals surface area contributed by atoms with E-state index in [-0.39, 0.29) is 23.7 Å². The lowest BCUT2D eigenvalue weighted by Gasteiger charge is -2.07. The lowest BCUT2D eigenvalue weighted by Crippen LogP contribution is -2.30. The van der Waals surface area contributed by atoms with Crippen LogP contribution in [0.5, 0.6) is 0 Å². The van der Waals surface area contributed by atoms with Gasteiger partial charge < -0.3 is 0 Å². The Kier molecular flexibility index (Phi) is 6.59. The minimum atomic E-state index is -3.56. The Morgan fingerprint density at radius 3 is 2.35 bits per heavy atom. The zero-order chi connectivity index (χ0) is 15.2. The third-order valence-corrected chi connectivity index (χ3v) is 5.81. The second-order valence-electron chi connectivity index (χ2n) is 4.01. The van der Waals surface area contributed by atoms with Gasteiger partial charge in [0.2, 0.25) is 20.0 Å². The number of hydrogen-bond donors (Lipinski definition) is 2. The van der Waals surface area contributed by atoms with Crippen molar-refractivity contribution >= 4 is 36.0 Å². The molecule has 0 aliphatic rings. The highest BCUT2D eigenvalue weighted by molar-refractivity contribution is 9.10. The summed E-state index contributed by atoms with van der Waals surface area (Å²) in [5.41, 5.74) is 0. The number of benzene rings is 1. The summed E-state index contributed by atoms with van der Waals surface area (Å²) in [7, 11) is -6.79. The van der Waals surface area contributed by atoms with Gasteiger partial charge in [0.15, 0.2) is 0 Å². The second-order valence-corrected chi connectivity index (χ2v) is 8.78. The minimum Gasteiger partial charge on any atom is -0.215 e. The molecule has 0 amide bonds. The lowest BCUT2D eigenvalue weighted by molar-refractivity contribution is 0.573. The SMILES string of the molecule is CCS(=O)(=O)NCCCNS(=O)(=O)c1cccc(Br)c1. The van der Waals surface area contributed by atoms with Crippen LogP contribution >= 0.6 is 15.9 Å². The average Bonchev–Trinajstić information content (AvgIpc) is 2.38. The van der Waals surface area contributed by atoms with Crippen LogP contribution in [0.2, 0.25) is 0 Å². The summed E-state index contributed by atoms with van der Waals surface area (Å²) in [6, 6.07) is 6.36. The Labute approximate surface area is 128 Å². The highest BCUT2D eigenvalue weighted by Crippen LogP contribution is 2.15. The van der Waals surface area contributed by atoms with Gasteiger partial charge in [-0.15, -0.1) is 0 Å². The molecule has 0 bridgehead atoms. The van der Waals surface area contributed by atoms with E-state index in [0.717, 1.165) is 0 Å². The van der Waals surface area contributed by atoms with Crippen LogP contribution in [0.15, 0.2) is 33.6 Å². The van der Waals surface area contributed by atoms with Gasteiger partial charge in [0.1, 0.15) is 0 Å². The van der Waals surface area contributed by atoms with Crippen LogP contribution in [-0.4, -0.2) is 35.7 Å². The molecular formula is C11H17BrN2O4S2. The molecule has 0 saturated heterocycles. The standard InChI is InChI=1S/C11H17BrN2O4S2/c1-2-19(15,16)13-7-4-8-14-20(17,18)11-6-3-5-10(12)9-11/h3,5-6,9,13-14H,2,4,7-8H2,1H3. The molecule has 0 fully saturated rings. The third kappa shape index (κ3) is 5.88. The van der Waals surface area contributed by atoms with Crippen LogP contribution in [-0.2, 0) is 20.0 Å². The lowest BCUT2D eigenvalue weighted by atomic mass is 10.4. The van der Waals surface area contributed by atoms with Gasteiger partial charge in [0.05, 0.1) is 10.6 Å². The molecule has 20 heavy (non-hydrogen) atoms. The van der Waals surface area contributed by atoms with Gasteiger partial charge in [-0.05, 0) is 31.5 Å². The van der Waals surface area contributed by atoms with Crippen molar-refractivity contribution in [1.29, 1.82) is 0 Å². The summed E-state index contributed by atoms with van der Waals surface area (Å²) in [6.45, 7) is 1.91. The van der Waals surface area contributed by atoms with Crippen molar-refractivity contribution in [2.75, 3.05) is 18.8 Å². The third-order valence-electron chi connectivity index (χ3n) is 2.45. The van der Waals surface area contributed by atoms with Crippen molar-refractivity contribution < 1.29 is 16.8 Å². The van der Waals surface area contributed by atoms with E-state index in [4.69, 9.17) is 0 Å². The van der Waals surface area contributed by atoms with Crippen molar-refractivity contribution in [3.63, 3.8) is 0 Å². The first kappa shape index (κ1) is 17.6. The highest BCUT2D eigenvalue weighted by atomic mass is 79.9. The fourth-order valence-corrected chi connectivity index (χ4v) is 3.67. The molecule has 1 aromatic carbocycles. The number of hydrogen-bond acceptors (Lipinski definition) is 4. The topological polar surface area (TPSA) is 92.3 Å². The summed E-state index contributed by atoms with van der Waals surface area (Å²) in [4.78, 5) is 0.168. The van der Waals surface area contributed by atoms with Crippen molar-refractivity contribution in [1.82, 2.24) is 9.44 Å². The maximum absolute atomic E-state index is 11.9. The van der Waals surface area contributed by atoms with Gasteiger partial charge in [-0.2, -0.15) is 0 Å². The molecule has 0 aliphatic heterocycles. The van der Waals surface area contributed by atoms with Crippen molar-refractivity contribution in [2.24, 2.45) is 0 Å². The first-order chi connectivity index (χ1) is 9.27. The van der Waals surface area contributed by atoms with E-state index < -0.39 is 20.0 Å². The molecule has 114 valence electrons. The Balaban J connectivity index is 2.46. The maximum Gasteiger partial charge on any atom is 0.240 e. The number of nitrogens with one attached hydrogen (secondary N) is 2. The smallest absolute Gasteiger partial charge is 0.215 e. The van der Waals surface area contributed by atoms with E-state index in [1.807, 2.05) is 0 Å². The molecule has 1 rings (SSSR count). The monoisotopic (exact) mass is 384 g/mol. The Bertz CT molecular complexity index is 644. The van der Waals surface area contributed by atoms with Crippen LogP contribution in [0.3, 0.4) is 0 Å². The maximum atomic E-state index is 11.9. The first-order valence-electron chi connectivity index (χ1n) is 5.99. The van der Waals surface area contributed by atoms with Gasteiger partial charge in [0.25, 0.3) is 0 Å². The molecule has 0 atom stereocenters. The predicted octanol–water partition coefficient (Wildman–Crippen LogP) is 1.06. The quantitative estimate of drug-likeness (QED) is 0.655. The molecule has 0 aromatic heterocycles. The van der Waals surface area contributed by atoms with Crippen molar-refractivity contribution in [3.05, 3.63) is 28.7 Å². The molecule has 6 nitrogen and oxygen atoms in total. The number of rotatable bonds is 8. The molecule has 0 heterocycles. The molecule has 0 saturated carbocycles.